The van der Waals surface area contributed by atoms with E-state index in [1.165, 1.54) is 16.2 Å². The molecule has 1 aliphatic heterocycles. The van der Waals surface area contributed by atoms with Crippen LogP contribution in [0.3, 0.4) is 0 Å². The van der Waals surface area contributed by atoms with Crippen molar-refractivity contribution in [3.05, 3.63) is 89.8 Å². The van der Waals surface area contributed by atoms with Gasteiger partial charge >= 0.3 is 5.91 Å². The molecule has 1 atom stereocenters. The van der Waals surface area contributed by atoms with Crippen molar-refractivity contribution in [2.45, 2.75) is 19.9 Å². The average Bonchev–Trinajstić information content (AvgIpc) is 3.41. The monoisotopic (exact) mass is 485 g/mol. The fourth-order valence-corrected chi connectivity index (χ4v) is 4.97. The van der Waals surface area contributed by atoms with Crippen LogP contribution in [0.5, 0.6) is 5.75 Å². The number of ketones is 1. The normalized spacial score (nSPS) is 17.5. The summed E-state index contributed by atoms with van der Waals surface area (Å²) in [5, 5.41) is 11.6. The number of para-hydroxylation sites is 1. The smallest absolute Gasteiger partial charge is 0.301 e. The Kier molecular flexibility index (Phi) is 6.05. The summed E-state index contributed by atoms with van der Waals surface area (Å²) < 4.78 is 6.61. The zero-order valence-electron chi connectivity index (χ0n) is 19.2. The molecule has 1 unspecified atom stereocenters. The van der Waals surface area contributed by atoms with Crippen molar-refractivity contribution in [3.63, 3.8) is 0 Å². The Morgan fingerprint density at radius 1 is 1.09 bits per heavy atom. The van der Waals surface area contributed by atoms with Crippen molar-refractivity contribution >= 4 is 44.1 Å². The van der Waals surface area contributed by atoms with E-state index < -0.39 is 17.7 Å². The number of pyridine rings is 1. The summed E-state index contributed by atoms with van der Waals surface area (Å²) in [4.78, 5) is 36.7. The third kappa shape index (κ3) is 4.28. The Morgan fingerprint density at radius 2 is 1.86 bits per heavy atom. The number of carbonyl (C=O) groups excluding carboxylic acids is 2. The van der Waals surface area contributed by atoms with Gasteiger partial charge in [-0.2, -0.15) is 0 Å². The first kappa shape index (κ1) is 22.7. The summed E-state index contributed by atoms with van der Waals surface area (Å²) in [6.45, 7) is 4.69. The maximum atomic E-state index is 13.3. The number of ether oxygens (including phenoxy) is 1. The van der Waals surface area contributed by atoms with Crippen molar-refractivity contribution < 1.29 is 19.4 Å². The number of carbonyl (C=O) groups is 2. The summed E-state index contributed by atoms with van der Waals surface area (Å²) in [6, 6.07) is 17.0. The molecule has 0 bridgehead atoms. The zero-order valence-corrected chi connectivity index (χ0v) is 20.0. The predicted octanol–water partition coefficient (Wildman–Crippen LogP) is 5.35. The molecule has 0 spiro atoms. The molecule has 0 radical (unpaired) electrons. The van der Waals surface area contributed by atoms with E-state index in [0.29, 0.717) is 34.5 Å². The van der Waals surface area contributed by atoms with Gasteiger partial charge < -0.3 is 9.84 Å². The van der Waals surface area contributed by atoms with Gasteiger partial charge in [0.05, 0.1) is 28.4 Å². The third-order valence-corrected chi connectivity index (χ3v) is 6.68. The minimum absolute atomic E-state index is 0.00175. The summed E-state index contributed by atoms with van der Waals surface area (Å²) in [5.74, 6) is -0.724. The molecule has 0 saturated carbocycles. The molecular formula is C27H23N3O4S. The maximum Gasteiger partial charge on any atom is 0.301 e. The van der Waals surface area contributed by atoms with Crippen LogP contribution >= 0.6 is 11.3 Å². The Hall–Kier alpha value is -4.04. The van der Waals surface area contributed by atoms with Crippen molar-refractivity contribution in [3.8, 4) is 5.75 Å². The fraction of sp³-hybridized carbons (Fsp3) is 0.185. The number of hydrogen-bond donors (Lipinski definition) is 1. The number of benzene rings is 2. The lowest BCUT2D eigenvalue weighted by Crippen LogP contribution is -2.29. The molecule has 35 heavy (non-hydrogen) atoms. The van der Waals surface area contributed by atoms with Crippen LogP contribution in [0.2, 0.25) is 0 Å². The van der Waals surface area contributed by atoms with Crippen LogP contribution in [0.15, 0.2) is 78.6 Å². The molecule has 1 N–H and O–H groups in total. The number of Topliss-reactive ketones (excluding diaryl/α,β-unsaturated/α-hetero) is 1. The first-order chi connectivity index (χ1) is 16.9. The second kappa shape index (κ2) is 9.31. The number of anilines is 1. The Balaban J connectivity index is 1.61. The van der Waals surface area contributed by atoms with Crippen LogP contribution in [0.1, 0.15) is 31.0 Å². The van der Waals surface area contributed by atoms with Crippen molar-refractivity contribution in [1.29, 1.82) is 0 Å². The second-order valence-corrected chi connectivity index (χ2v) is 9.66. The highest BCUT2D eigenvalue weighted by Crippen LogP contribution is 2.44. The number of fused-ring (bicyclic) bond motifs is 1. The molecule has 7 nitrogen and oxygen atoms in total. The van der Waals surface area contributed by atoms with E-state index in [4.69, 9.17) is 4.74 Å². The molecule has 1 fully saturated rings. The Bertz CT molecular complexity index is 1390. The number of thiazole rings is 1. The van der Waals surface area contributed by atoms with Gasteiger partial charge in [-0.3, -0.25) is 19.5 Å². The maximum absolute atomic E-state index is 13.3. The number of hydrogen-bond acceptors (Lipinski definition) is 7. The van der Waals surface area contributed by atoms with E-state index in [1.807, 2.05) is 24.3 Å². The molecule has 3 heterocycles. The molecule has 1 saturated heterocycles. The van der Waals surface area contributed by atoms with Crippen LogP contribution < -0.4 is 9.64 Å². The van der Waals surface area contributed by atoms with Crippen molar-refractivity contribution in [1.82, 2.24) is 9.97 Å². The summed E-state index contributed by atoms with van der Waals surface area (Å²) in [6.07, 6.45) is 3.20. The molecule has 0 aliphatic carbocycles. The van der Waals surface area contributed by atoms with Gasteiger partial charge in [-0.15, -0.1) is 0 Å². The molecule has 2 aromatic heterocycles. The lowest BCUT2D eigenvalue weighted by molar-refractivity contribution is -0.132. The van der Waals surface area contributed by atoms with E-state index in [-0.39, 0.29) is 11.3 Å². The quantitative estimate of drug-likeness (QED) is 0.225. The van der Waals surface area contributed by atoms with Crippen molar-refractivity contribution in [2.24, 2.45) is 5.92 Å². The van der Waals surface area contributed by atoms with Crippen LogP contribution in [0.25, 0.3) is 16.0 Å². The minimum atomic E-state index is -0.860. The first-order valence-corrected chi connectivity index (χ1v) is 12.1. The predicted molar refractivity (Wildman–Crippen MR) is 135 cm³/mol. The Morgan fingerprint density at radius 3 is 2.54 bits per heavy atom. The fourth-order valence-electron chi connectivity index (χ4n) is 3.97. The molecular weight excluding hydrogens is 462 g/mol. The summed E-state index contributed by atoms with van der Waals surface area (Å²) in [7, 11) is 0. The molecule has 5 rings (SSSR count). The zero-order chi connectivity index (χ0) is 24.5. The van der Waals surface area contributed by atoms with Crippen LogP contribution in [0, 0.1) is 5.92 Å². The molecule has 8 heteroatoms. The van der Waals surface area contributed by atoms with Crippen molar-refractivity contribution in [2.75, 3.05) is 11.5 Å². The van der Waals surface area contributed by atoms with Gasteiger partial charge in [0.1, 0.15) is 11.5 Å². The molecule has 2 aromatic carbocycles. The highest BCUT2D eigenvalue weighted by Gasteiger charge is 2.48. The van der Waals surface area contributed by atoms with Gasteiger partial charge in [-0.25, -0.2) is 4.98 Å². The van der Waals surface area contributed by atoms with Gasteiger partial charge in [0.15, 0.2) is 5.13 Å². The number of aliphatic hydroxyl groups is 1. The largest absolute Gasteiger partial charge is 0.507 e. The van der Waals surface area contributed by atoms with Gasteiger partial charge in [0.25, 0.3) is 5.78 Å². The van der Waals surface area contributed by atoms with E-state index in [0.717, 1.165) is 10.2 Å². The highest BCUT2D eigenvalue weighted by atomic mass is 32.1. The topological polar surface area (TPSA) is 92.6 Å². The molecule has 1 aliphatic rings. The lowest BCUT2D eigenvalue weighted by atomic mass is 9.96. The van der Waals surface area contributed by atoms with E-state index in [2.05, 4.69) is 23.8 Å². The summed E-state index contributed by atoms with van der Waals surface area (Å²) >= 11 is 1.32. The highest BCUT2D eigenvalue weighted by molar-refractivity contribution is 7.22. The van der Waals surface area contributed by atoms with Gasteiger partial charge in [-0.1, -0.05) is 43.4 Å². The van der Waals surface area contributed by atoms with Gasteiger partial charge in [-0.05, 0) is 53.9 Å². The average molecular weight is 486 g/mol. The van der Waals surface area contributed by atoms with Gasteiger partial charge in [0, 0.05) is 18.0 Å². The van der Waals surface area contributed by atoms with Crippen LogP contribution in [-0.4, -0.2) is 33.4 Å². The number of aromatic nitrogens is 2. The first-order valence-electron chi connectivity index (χ1n) is 11.2. The number of aliphatic hydroxyl groups excluding tert-OH is 1. The summed E-state index contributed by atoms with van der Waals surface area (Å²) in [5.41, 5.74) is 1.75. The van der Waals surface area contributed by atoms with Gasteiger partial charge in [0.2, 0.25) is 0 Å². The van der Waals surface area contributed by atoms with Crippen LogP contribution in [0.4, 0.5) is 5.13 Å². The number of amides is 1. The lowest BCUT2D eigenvalue weighted by Gasteiger charge is -2.22. The van der Waals surface area contributed by atoms with E-state index in [1.54, 1.807) is 48.8 Å². The number of nitrogens with zero attached hydrogens (tertiary/aromatic N) is 3. The number of rotatable bonds is 6. The third-order valence-electron chi connectivity index (χ3n) is 5.64. The molecule has 1 amide bonds. The molecule has 4 aromatic rings. The standard InChI is InChI=1S/C27H23N3O4S/c1-16(2)15-34-19-11-9-17(10-12-19)24(31)22-23(18-6-5-13-28-14-18)30(26(33)25(22)32)27-29-20-7-3-4-8-21(20)35-27/h3-14,16,23,31H,15H2,1-2H3/b24-22+. The second-order valence-electron chi connectivity index (χ2n) is 8.65. The van der Waals surface area contributed by atoms with E-state index >= 15 is 0 Å². The molecule has 176 valence electrons. The van der Waals surface area contributed by atoms with Crippen LogP contribution in [-0.2, 0) is 9.59 Å². The van der Waals surface area contributed by atoms with E-state index in [9.17, 15) is 14.7 Å². The SMILES string of the molecule is CC(C)COc1ccc(/C(O)=C2\C(=O)C(=O)N(c3nc4ccccc4s3)C2c2cccnc2)cc1. The minimum Gasteiger partial charge on any atom is -0.507 e. The Labute approximate surface area is 206 Å².